The van der Waals surface area contributed by atoms with Gasteiger partial charge in [-0.15, -0.1) is 0 Å². The third kappa shape index (κ3) is 13.2. The highest BCUT2D eigenvalue weighted by molar-refractivity contribution is 7.92. The van der Waals surface area contributed by atoms with E-state index in [1.54, 1.807) is 12.1 Å². The minimum Gasteiger partial charge on any atom is -0.290 e. The highest BCUT2D eigenvalue weighted by atomic mass is 32.2. The highest BCUT2D eigenvalue weighted by Crippen LogP contribution is 2.18. The van der Waals surface area contributed by atoms with Crippen LogP contribution in [0.4, 0.5) is 5.69 Å². The van der Waals surface area contributed by atoms with Gasteiger partial charge < -0.3 is 0 Å². The van der Waals surface area contributed by atoms with Crippen LogP contribution in [-0.2, 0) is 26.0 Å². The van der Waals surface area contributed by atoms with E-state index in [2.05, 4.69) is 11.6 Å². The van der Waals surface area contributed by atoms with Gasteiger partial charge in [-0.1, -0.05) is 103 Å². The van der Waals surface area contributed by atoms with Crippen molar-refractivity contribution in [3.8, 4) is 0 Å². The second kappa shape index (κ2) is 17.3. The van der Waals surface area contributed by atoms with Gasteiger partial charge in [0.15, 0.2) is 11.6 Å². The minimum absolute atomic E-state index is 0.123. The van der Waals surface area contributed by atoms with E-state index in [0.29, 0.717) is 30.5 Å². The molecular weight excluding hydrogens is 470 g/mol. The van der Waals surface area contributed by atoms with Crippen molar-refractivity contribution in [3.05, 3.63) is 53.6 Å². The van der Waals surface area contributed by atoms with Crippen molar-refractivity contribution in [1.82, 2.24) is 0 Å². The number of hydrogen-bond acceptors (Lipinski definition) is 4. The summed E-state index contributed by atoms with van der Waals surface area (Å²) >= 11 is 0. The number of anilines is 1. The summed E-state index contributed by atoms with van der Waals surface area (Å²) in [7, 11) is -3.36. The van der Waals surface area contributed by atoms with Gasteiger partial charge in [0.05, 0.1) is 5.75 Å². The van der Waals surface area contributed by atoms with Crippen molar-refractivity contribution in [3.63, 3.8) is 0 Å². The average molecular weight is 516 g/mol. The molecule has 0 atom stereocenters. The van der Waals surface area contributed by atoms with Crippen LogP contribution in [0, 0.1) is 0 Å². The van der Waals surface area contributed by atoms with Crippen LogP contribution in [0.25, 0.3) is 0 Å². The molecule has 0 saturated heterocycles. The van der Waals surface area contributed by atoms with Crippen LogP contribution in [0.3, 0.4) is 0 Å². The average Bonchev–Trinajstić information content (AvgIpc) is 2.85. The van der Waals surface area contributed by atoms with Gasteiger partial charge in [-0.05, 0) is 55.2 Å². The van der Waals surface area contributed by atoms with Crippen molar-refractivity contribution >= 4 is 27.3 Å². The predicted molar refractivity (Wildman–Crippen MR) is 150 cm³/mol. The summed E-state index contributed by atoms with van der Waals surface area (Å²) in [6, 6.07) is 7.21. The Kier molecular flexibility index (Phi) is 14.4. The molecule has 0 radical (unpaired) electrons. The number of hydrogen-bond donors (Lipinski definition) is 1. The highest BCUT2D eigenvalue weighted by Gasteiger charge is 2.13. The molecular formula is C30H45NO4S. The van der Waals surface area contributed by atoms with Crippen LogP contribution in [0.1, 0.15) is 109 Å². The van der Waals surface area contributed by atoms with Gasteiger partial charge in [0.25, 0.3) is 0 Å². The van der Waals surface area contributed by atoms with E-state index < -0.39 is 10.0 Å². The number of carbonyl (C=O) groups is 2. The molecule has 6 heteroatoms. The quantitative estimate of drug-likeness (QED) is 0.144. The third-order valence-corrected chi connectivity index (χ3v) is 8.08. The van der Waals surface area contributed by atoms with Crippen molar-refractivity contribution < 1.29 is 18.0 Å². The van der Waals surface area contributed by atoms with E-state index in [4.69, 9.17) is 0 Å². The number of aryl methyl sites for hydroxylation is 1. The first-order chi connectivity index (χ1) is 17.4. The molecule has 0 amide bonds. The van der Waals surface area contributed by atoms with Gasteiger partial charge in [-0.3, -0.25) is 14.3 Å². The maximum Gasteiger partial charge on any atom is 0.232 e. The molecule has 0 bridgehead atoms. The molecule has 0 unspecified atom stereocenters. The molecule has 0 fully saturated rings. The summed E-state index contributed by atoms with van der Waals surface area (Å²) in [5.74, 6) is -0.138. The molecule has 1 aromatic rings. The normalized spacial score (nSPS) is 13.8. The molecule has 0 spiro atoms. The fourth-order valence-corrected chi connectivity index (χ4v) is 5.67. The number of rotatable bonds is 20. The number of nitrogens with one attached hydrogen (secondary N) is 1. The summed E-state index contributed by atoms with van der Waals surface area (Å²) < 4.78 is 27.5. The lowest BCUT2D eigenvalue weighted by atomic mass is 9.97. The molecule has 1 aliphatic rings. The van der Waals surface area contributed by atoms with Gasteiger partial charge in [0.2, 0.25) is 10.0 Å². The first-order valence-electron chi connectivity index (χ1n) is 14.0. The molecule has 0 saturated carbocycles. The van der Waals surface area contributed by atoms with Gasteiger partial charge in [-0.25, -0.2) is 8.42 Å². The van der Waals surface area contributed by atoms with Crippen LogP contribution < -0.4 is 4.72 Å². The minimum atomic E-state index is -3.36. The fraction of sp³-hybridized carbons (Fsp3) is 0.600. The van der Waals surface area contributed by atoms with Crippen molar-refractivity contribution in [2.75, 3.05) is 10.5 Å². The van der Waals surface area contributed by atoms with E-state index in [1.807, 2.05) is 12.1 Å². The molecule has 200 valence electrons. The summed E-state index contributed by atoms with van der Waals surface area (Å²) in [5.41, 5.74) is 2.05. The lowest BCUT2D eigenvalue weighted by Gasteiger charge is -2.10. The van der Waals surface area contributed by atoms with E-state index in [1.165, 1.54) is 88.9 Å². The smallest absolute Gasteiger partial charge is 0.232 e. The zero-order valence-corrected chi connectivity index (χ0v) is 22.9. The van der Waals surface area contributed by atoms with Gasteiger partial charge in [0.1, 0.15) is 0 Å². The second-order valence-corrected chi connectivity index (χ2v) is 11.8. The monoisotopic (exact) mass is 515 g/mol. The van der Waals surface area contributed by atoms with E-state index >= 15 is 0 Å². The van der Waals surface area contributed by atoms with Crippen molar-refractivity contribution in [1.29, 1.82) is 0 Å². The number of benzene rings is 1. The van der Waals surface area contributed by atoms with Gasteiger partial charge in [0, 0.05) is 11.3 Å². The molecule has 5 nitrogen and oxygen atoms in total. The lowest BCUT2D eigenvalue weighted by molar-refractivity contribution is -0.114. The Morgan fingerprint density at radius 2 is 1.19 bits per heavy atom. The van der Waals surface area contributed by atoms with E-state index in [0.717, 1.165) is 18.4 Å². The number of allylic oxidation sites excluding steroid dienone is 4. The number of carbonyl (C=O) groups excluding carboxylic acids is 2. The number of unbranched alkanes of at least 4 members (excludes halogenated alkanes) is 13. The largest absolute Gasteiger partial charge is 0.290 e. The number of ketones is 2. The van der Waals surface area contributed by atoms with Crippen molar-refractivity contribution in [2.45, 2.75) is 110 Å². The standard InChI is InChI=1S/C30H45NO4S/c1-2-3-4-5-6-7-8-9-10-11-12-13-14-15-24-36(34,35)31-28-20-17-26(18-21-28)16-19-27-25-29(32)22-23-30(27)33/h17-18,20-23,25,31H,2-16,19,24H2,1H3. The summed E-state index contributed by atoms with van der Waals surface area (Å²) in [5, 5.41) is 0. The van der Waals surface area contributed by atoms with E-state index in [-0.39, 0.29) is 17.3 Å². The van der Waals surface area contributed by atoms with Crippen LogP contribution >= 0.6 is 0 Å². The maximum atomic E-state index is 12.4. The van der Waals surface area contributed by atoms with Crippen LogP contribution in [0.5, 0.6) is 0 Å². The summed E-state index contributed by atoms with van der Waals surface area (Å²) in [6.45, 7) is 2.26. The molecule has 1 N–H and O–H groups in total. The molecule has 1 aliphatic carbocycles. The topological polar surface area (TPSA) is 80.3 Å². The third-order valence-electron chi connectivity index (χ3n) is 6.71. The zero-order valence-electron chi connectivity index (χ0n) is 22.1. The molecule has 2 rings (SSSR count). The first kappa shape index (κ1) is 30.0. The summed E-state index contributed by atoms with van der Waals surface area (Å²) in [6.07, 6.45) is 22.5. The maximum absolute atomic E-state index is 12.4. The molecule has 0 heterocycles. The zero-order chi connectivity index (χ0) is 26.1. The van der Waals surface area contributed by atoms with Crippen LogP contribution in [0.2, 0.25) is 0 Å². The second-order valence-electron chi connectivity index (χ2n) is 9.98. The van der Waals surface area contributed by atoms with Gasteiger partial charge >= 0.3 is 0 Å². The van der Waals surface area contributed by atoms with Crippen molar-refractivity contribution in [2.24, 2.45) is 0 Å². The Balaban J connectivity index is 1.53. The fourth-order valence-electron chi connectivity index (χ4n) is 4.49. The Labute approximate surface area is 218 Å². The van der Waals surface area contributed by atoms with Crippen LogP contribution in [0.15, 0.2) is 48.1 Å². The Hall–Kier alpha value is -2.21. The van der Waals surface area contributed by atoms with E-state index in [9.17, 15) is 18.0 Å². The van der Waals surface area contributed by atoms with Crippen LogP contribution in [-0.4, -0.2) is 25.7 Å². The summed E-state index contributed by atoms with van der Waals surface area (Å²) in [4.78, 5) is 23.3. The lowest BCUT2D eigenvalue weighted by Crippen LogP contribution is -2.16. The SMILES string of the molecule is CCCCCCCCCCCCCCCCS(=O)(=O)Nc1ccc(CCC2=CC(=O)C=CC2=O)cc1. The number of sulfonamides is 1. The molecule has 0 aliphatic heterocycles. The Bertz CT molecular complexity index is 961. The molecule has 1 aromatic carbocycles. The predicted octanol–water partition coefficient (Wildman–Crippen LogP) is 7.48. The Morgan fingerprint density at radius 3 is 1.75 bits per heavy atom. The molecule has 36 heavy (non-hydrogen) atoms. The first-order valence-corrected chi connectivity index (χ1v) is 15.6. The molecule has 0 aromatic heterocycles. The van der Waals surface area contributed by atoms with Gasteiger partial charge in [-0.2, -0.15) is 0 Å². The Morgan fingerprint density at radius 1 is 0.667 bits per heavy atom.